The van der Waals surface area contributed by atoms with E-state index in [1.807, 2.05) is 12.1 Å². The van der Waals surface area contributed by atoms with Gasteiger partial charge in [0.05, 0.1) is 47.3 Å². The largest absolute Gasteiger partial charge is 0.493 e. The molecule has 190 valence electrons. The summed E-state index contributed by atoms with van der Waals surface area (Å²) < 4.78 is 45.0. The van der Waals surface area contributed by atoms with Gasteiger partial charge >= 0.3 is 5.97 Å². The van der Waals surface area contributed by atoms with E-state index < -0.39 is 24.1 Å². The number of aliphatic hydroxyl groups excluding tert-OH is 1. The Bertz CT molecular complexity index is 1040. The lowest BCUT2D eigenvalue weighted by Crippen LogP contribution is -2.25. The highest BCUT2D eigenvalue weighted by atomic mass is 16.7. The zero-order valence-corrected chi connectivity index (χ0v) is 20.4. The van der Waals surface area contributed by atoms with Gasteiger partial charge < -0.3 is 43.0 Å². The van der Waals surface area contributed by atoms with E-state index in [1.165, 1.54) is 28.3 Å². The van der Waals surface area contributed by atoms with Crippen LogP contribution in [-0.2, 0) is 14.3 Å². The maximum absolute atomic E-state index is 11.7. The standard InChI is InChI=1S/C25H30O10/c1-13(27)32-11-17-16(10-26)22(14-6-18(28-2)24(31-5)19(7-14)29-3)35-23(17)15-8-20(30-4)25-21(9-15)33-12-34-25/h6-9,16-17,22-23,26H,10-12H2,1-5H3. The van der Waals surface area contributed by atoms with E-state index in [2.05, 4.69) is 0 Å². The number of benzene rings is 2. The van der Waals surface area contributed by atoms with Crippen LogP contribution in [0.25, 0.3) is 0 Å². The summed E-state index contributed by atoms with van der Waals surface area (Å²) in [6, 6.07) is 7.22. The first kappa shape index (κ1) is 24.7. The topological polar surface area (TPSA) is 111 Å². The van der Waals surface area contributed by atoms with Crippen LogP contribution < -0.4 is 28.4 Å². The Morgan fingerprint density at radius 3 is 2.06 bits per heavy atom. The molecule has 10 heteroatoms. The van der Waals surface area contributed by atoms with Crippen molar-refractivity contribution in [2.45, 2.75) is 19.1 Å². The molecule has 1 fully saturated rings. The Morgan fingerprint density at radius 1 is 0.886 bits per heavy atom. The summed E-state index contributed by atoms with van der Waals surface area (Å²) in [5.41, 5.74) is 1.47. The van der Waals surface area contributed by atoms with E-state index >= 15 is 0 Å². The molecule has 10 nitrogen and oxygen atoms in total. The second kappa shape index (κ2) is 10.5. The quantitative estimate of drug-likeness (QED) is 0.527. The van der Waals surface area contributed by atoms with Crippen molar-refractivity contribution in [2.24, 2.45) is 11.8 Å². The monoisotopic (exact) mass is 490 g/mol. The number of aliphatic hydroxyl groups is 1. The molecule has 4 unspecified atom stereocenters. The first-order valence-corrected chi connectivity index (χ1v) is 11.1. The van der Waals surface area contributed by atoms with Crippen LogP contribution in [0.1, 0.15) is 30.3 Å². The van der Waals surface area contributed by atoms with Crippen LogP contribution in [0.2, 0.25) is 0 Å². The average molecular weight is 491 g/mol. The normalized spacial score (nSPS) is 22.6. The van der Waals surface area contributed by atoms with Gasteiger partial charge in [-0.25, -0.2) is 0 Å². The lowest BCUT2D eigenvalue weighted by molar-refractivity contribution is -0.143. The molecule has 0 aliphatic carbocycles. The lowest BCUT2D eigenvalue weighted by Gasteiger charge is -2.23. The van der Waals surface area contributed by atoms with Crippen LogP contribution in [0.3, 0.4) is 0 Å². The Labute approximate surface area is 203 Å². The van der Waals surface area contributed by atoms with Crippen molar-refractivity contribution in [3.05, 3.63) is 35.4 Å². The van der Waals surface area contributed by atoms with Crippen molar-refractivity contribution in [2.75, 3.05) is 48.4 Å². The molecule has 1 saturated heterocycles. The Balaban J connectivity index is 1.78. The second-order valence-electron chi connectivity index (χ2n) is 8.21. The SMILES string of the molecule is COc1cc(C2OC(c3cc(OC)c4c(c3)OCO4)C(COC(C)=O)C2CO)cc(OC)c1OC. The van der Waals surface area contributed by atoms with E-state index in [4.69, 9.17) is 37.9 Å². The highest BCUT2D eigenvalue weighted by molar-refractivity contribution is 5.66. The van der Waals surface area contributed by atoms with Crippen LogP contribution >= 0.6 is 0 Å². The fraction of sp³-hybridized carbons (Fsp3) is 0.480. The van der Waals surface area contributed by atoms with E-state index in [-0.39, 0.29) is 25.9 Å². The van der Waals surface area contributed by atoms with Gasteiger partial charge in [-0.05, 0) is 35.4 Å². The molecule has 0 aromatic heterocycles. The molecule has 35 heavy (non-hydrogen) atoms. The third kappa shape index (κ3) is 4.63. The van der Waals surface area contributed by atoms with Crippen molar-refractivity contribution >= 4 is 5.97 Å². The van der Waals surface area contributed by atoms with Crippen LogP contribution in [-0.4, -0.2) is 59.5 Å². The molecule has 0 radical (unpaired) electrons. The van der Waals surface area contributed by atoms with Crippen LogP contribution in [0.4, 0.5) is 0 Å². The van der Waals surface area contributed by atoms with Gasteiger partial charge in [-0.1, -0.05) is 0 Å². The third-order valence-electron chi connectivity index (χ3n) is 6.34. The summed E-state index contributed by atoms with van der Waals surface area (Å²) in [7, 11) is 6.14. The van der Waals surface area contributed by atoms with Gasteiger partial charge in [0.2, 0.25) is 18.3 Å². The zero-order valence-electron chi connectivity index (χ0n) is 20.4. The molecular weight excluding hydrogens is 460 g/mol. The predicted octanol–water partition coefficient (Wildman–Crippen LogP) is 3.05. The minimum Gasteiger partial charge on any atom is -0.493 e. The van der Waals surface area contributed by atoms with E-state index in [0.29, 0.717) is 34.5 Å². The van der Waals surface area contributed by atoms with Gasteiger partial charge in [-0.2, -0.15) is 0 Å². The van der Waals surface area contributed by atoms with Crippen molar-refractivity contribution in [1.82, 2.24) is 0 Å². The lowest BCUT2D eigenvalue weighted by atomic mass is 9.83. The molecule has 0 amide bonds. The number of carbonyl (C=O) groups excluding carboxylic acids is 1. The summed E-state index contributed by atoms with van der Waals surface area (Å²) in [5.74, 6) is 1.75. The minimum atomic E-state index is -0.560. The molecule has 1 N–H and O–H groups in total. The van der Waals surface area contributed by atoms with Crippen LogP contribution in [0.15, 0.2) is 24.3 Å². The number of ether oxygens (including phenoxy) is 8. The predicted molar refractivity (Wildman–Crippen MR) is 122 cm³/mol. The van der Waals surface area contributed by atoms with E-state index in [1.54, 1.807) is 19.2 Å². The molecule has 4 atom stereocenters. The van der Waals surface area contributed by atoms with Crippen molar-refractivity contribution in [3.8, 4) is 34.5 Å². The molecule has 2 heterocycles. The van der Waals surface area contributed by atoms with Gasteiger partial charge in [-0.15, -0.1) is 0 Å². The highest BCUT2D eigenvalue weighted by Gasteiger charge is 2.47. The highest BCUT2D eigenvalue weighted by Crippen LogP contribution is 2.54. The number of rotatable bonds is 9. The van der Waals surface area contributed by atoms with E-state index in [0.717, 1.165) is 11.1 Å². The second-order valence-corrected chi connectivity index (χ2v) is 8.21. The fourth-order valence-corrected chi connectivity index (χ4v) is 4.70. The molecule has 0 saturated carbocycles. The number of methoxy groups -OCH3 is 4. The summed E-state index contributed by atoms with van der Waals surface area (Å²) in [6.07, 6.45) is -1.10. The van der Waals surface area contributed by atoms with Crippen LogP contribution in [0, 0.1) is 11.8 Å². The van der Waals surface area contributed by atoms with Crippen LogP contribution in [0.5, 0.6) is 34.5 Å². The molecule has 0 bridgehead atoms. The van der Waals surface area contributed by atoms with Gasteiger partial charge in [-0.3, -0.25) is 4.79 Å². The molecule has 2 aliphatic heterocycles. The van der Waals surface area contributed by atoms with Crippen molar-refractivity contribution < 1.29 is 47.8 Å². The van der Waals surface area contributed by atoms with Gasteiger partial charge in [0, 0.05) is 25.4 Å². The number of fused-ring (bicyclic) bond motifs is 1. The van der Waals surface area contributed by atoms with Crippen molar-refractivity contribution in [3.63, 3.8) is 0 Å². The summed E-state index contributed by atoms with van der Waals surface area (Å²) >= 11 is 0. The van der Waals surface area contributed by atoms with Gasteiger partial charge in [0.15, 0.2) is 23.0 Å². The molecule has 2 aromatic carbocycles. The molecule has 0 spiro atoms. The first-order chi connectivity index (χ1) is 16.9. The summed E-state index contributed by atoms with van der Waals surface area (Å²) in [6.45, 7) is 1.29. The third-order valence-corrected chi connectivity index (χ3v) is 6.34. The fourth-order valence-electron chi connectivity index (χ4n) is 4.70. The van der Waals surface area contributed by atoms with Crippen molar-refractivity contribution in [1.29, 1.82) is 0 Å². The summed E-state index contributed by atoms with van der Waals surface area (Å²) in [5, 5.41) is 10.4. The van der Waals surface area contributed by atoms with E-state index in [9.17, 15) is 9.90 Å². The maximum atomic E-state index is 11.7. The zero-order chi connectivity index (χ0) is 25.1. The maximum Gasteiger partial charge on any atom is 0.302 e. The molecule has 4 rings (SSSR count). The molecule has 2 aromatic rings. The average Bonchev–Trinajstić information content (AvgIpc) is 3.50. The Kier molecular flexibility index (Phi) is 7.42. The number of hydrogen-bond acceptors (Lipinski definition) is 10. The number of hydrogen-bond donors (Lipinski definition) is 1. The molecular formula is C25H30O10. The summed E-state index contributed by atoms with van der Waals surface area (Å²) in [4.78, 5) is 11.7. The molecule has 2 aliphatic rings. The smallest absolute Gasteiger partial charge is 0.302 e. The van der Waals surface area contributed by atoms with Gasteiger partial charge in [0.1, 0.15) is 0 Å². The number of esters is 1. The first-order valence-electron chi connectivity index (χ1n) is 11.1. The van der Waals surface area contributed by atoms with Gasteiger partial charge in [0.25, 0.3) is 0 Å². The Morgan fingerprint density at radius 2 is 1.49 bits per heavy atom. The Hall–Kier alpha value is -3.37. The number of carbonyl (C=O) groups is 1. The minimum absolute atomic E-state index is 0.0584.